The van der Waals surface area contributed by atoms with Gasteiger partial charge in [0.05, 0.1) is 19.2 Å². The van der Waals surface area contributed by atoms with Crippen molar-refractivity contribution in [2.45, 2.75) is 19.5 Å². The Labute approximate surface area is 142 Å². The largest absolute Gasteiger partial charge is 0.383 e. The number of nitrogens with one attached hydrogen (secondary N) is 1. The van der Waals surface area contributed by atoms with E-state index in [1.54, 1.807) is 7.11 Å². The summed E-state index contributed by atoms with van der Waals surface area (Å²) in [7, 11) is 1.54. The smallest absolute Gasteiger partial charge is 0.272 e. The highest BCUT2D eigenvalue weighted by atomic mass is 79.9. The molecule has 0 saturated carbocycles. The van der Waals surface area contributed by atoms with Gasteiger partial charge in [-0.15, -0.1) is 0 Å². The first kappa shape index (κ1) is 17.4. The Balaban J connectivity index is 2.12. The maximum atomic E-state index is 12.3. The third-order valence-corrected chi connectivity index (χ3v) is 3.80. The predicted molar refractivity (Wildman–Crippen MR) is 90.4 cm³/mol. The van der Waals surface area contributed by atoms with Crippen LogP contribution in [0.25, 0.3) is 0 Å². The minimum absolute atomic E-state index is 0.179. The highest BCUT2D eigenvalue weighted by Crippen LogP contribution is 2.18. The van der Waals surface area contributed by atoms with Crippen molar-refractivity contribution >= 4 is 21.8 Å². The topological polar surface area (TPSA) is 73.2 Å². The number of hydrogen-bond donors (Lipinski definition) is 1. The lowest BCUT2D eigenvalue weighted by Crippen LogP contribution is -2.31. The van der Waals surface area contributed by atoms with Gasteiger partial charge in [-0.05, 0) is 30.7 Å². The van der Waals surface area contributed by atoms with Gasteiger partial charge in [0.15, 0.2) is 0 Å². The van der Waals surface area contributed by atoms with Gasteiger partial charge in [0.1, 0.15) is 5.69 Å². The maximum absolute atomic E-state index is 12.3. The number of rotatable bonds is 6. The molecule has 1 aromatic heterocycles. The summed E-state index contributed by atoms with van der Waals surface area (Å²) in [5.74, 6) is -0.330. The van der Waals surface area contributed by atoms with Gasteiger partial charge in [-0.2, -0.15) is 5.10 Å². The molecular weight excluding hydrogens is 362 g/mol. The molecule has 1 unspecified atom stereocenters. The van der Waals surface area contributed by atoms with Crippen molar-refractivity contribution in [1.29, 1.82) is 0 Å². The number of carbonyl (C=O) groups is 1. The molecule has 0 bridgehead atoms. The Morgan fingerprint density at radius 1 is 1.39 bits per heavy atom. The molecule has 1 amide bonds. The molecular formula is C16H18BrN3O3. The predicted octanol–water partition coefficient (Wildman–Crippen LogP) is 2.14. The van der Waals surface area contributed by atoms with Gasteiger partial charge in [0.2, 0.25) is 0 Å². The van der Waals surface area contributed by atoms with Gasteiger partial charge in [-0.1, -0.05) is 28.1 Å². The van der Waals surface area contributed by atoms with E-state index in [9.17, 15) is 9.59 Å². The van der Waals surface area contributed by atoms with Crippen LogP contribution in [0.1, 0.15) is 29.0 Å². The van der Waals surface area contributed by atoms with Crippen LogP contribution in [0.5, 0.6) is 0 Å². The van der Waals surface area contributed by atoms with Crippen LogP contribution in [0, 0.1) is 0 Å². The zero-order chi connectivity index (χ0) is 16.8. The van der Waals surface area contributed by atoms with Crippen LogP contribution in [0.3, 0.4) is 0 Å². The second kappa shape index (κ2) is 8.03. The van der Waals surface area contributed by atoms with Crippen molar-refractivity contribution in [2.75, 3.05) is 13.7 Å². The third kappa shape index (κ3) is 4.74. The fourth-order valence-electron chi connectivity index (χ4n) is 2.04. The van der Waals surface area contributed by atoms with Crippen molar-refractivity contribution in [3.8, 4) is 0 Å². The van der Waals surface area contributed by atoms with Crippen molar-refractivity contribution in [3.63, 3.8) is 0 Å². The number of ether oxygens (including phenoxy) is 1. The van der Waals surface area contributed by atoms with Gasteiger partial charge >= 0.3 is 0 Å². The van der Waals surface area contributed by atoms with E-state index in [4.69, 9.17) is 4.74 Å². The second-order valence-electron chi connectivity index (χ2n) is 5.02. The Morgan fingerprint density at radius 3 is 2.87 bits per heavy atom. The van der Waals surface area contributed by atoms with E-state index in [0.717, 1.165) is 10.0 Å². The fraction of sp³-hybridized carbons (Fsp3) is 0.312. The van der Waals surface area contributed by atoms with Crippen molar-refractivity contribution in [1.82, 2.24) is 15.1 Å². The van der Waals surface area contributed by atoms with E-state index in [1.807, 2.05) is 31.2 Å². The molecule has 1 heterocycles. The molecule has 0 aliphatic rings. The molecule has 2 aromatic rings. The Kier molecular flexibility index (Phi) is 6.06. The van der Waals surface area contributed by atoms with E-state index >= 15 is 0 Å². The van der Waals surface area contributed by atoms with Gasteiger partial charge in [0.25, 0.3) is 11.5 Å². The summed E-state index contributed by atoms with van der Waals surface area (Å²) in [4.78, 5) is 24.0. The minimum atomic E-state index is -0.330. The standard InChI is InChI=1S/C16H18BrN3O3/c1-11(12-4-3-5-13(17)10-12)18-16(22)14-6-7-15(21)20(19-14)8-9-23-2/h3-7,10-11H,8-9H2,1-2H3,(H,18,22). The number of halogens is 1. The summed E-state index contributed by atoms with van der Waals surface area (Å²) in [6, 6.07) is 10.3. The van der Waals surface area contributed by atoms with Crippen molar-refractivity contribution in [3.05, 3.63) is 62.5 Å². The van der Waals surface area contributed by atoms with E-state index in [-0.39, 0.29) is 23.2 Å². The summed E-state index contributed by atoms with van der Waals surface area (Å²) in [6.07, 6.45) is 0. The molecule has 1 N–H and O–H groups in total. The SMILES string of the molecule is COCCn1nc(C(=O)NC(C)c2cccc(Br)c2)ccc1=O. The Hall–Kier alpha value is -1.99. The molecule has 122 valence electrons. The van der Waals surface area contributed by atoms with Crippen LogP contribution in [0.15, 0.2) is 45.7 Å². The highest BCUT2D eigenvalue weighted by molar-refractivity contribution is 9.10. The number of hydrogen-bond acceptors (Lipinski definition) is 4. The number of amides is 1. The lowest BCUT2D eigenvalue weighted by atomic mass is 10.1. The van der Waals surface area contributed by atoms with E-state index in [0.29, 0.717) is 13.2 Å². The average molecular weight is 380 g/mol. The summed E-state index contributed by atoms with van der Waals surface area (Å²) in [6.45, 7) is 2.55. The molecule has 0 radical (unpaired) electrons. The van der Waals surface area contributed by atoms with Crippen molar-refractivity contribution in [2.24, 2.45) is 0 Å². The van der Waals surface area contributed by atoms with E-state index < -0.39 is 0 Å². The summed E-state index contributed by atoms with van der Waals surface area (Å²) in [5, 5.41) is 6.95. The van der Waals surface area contributed by atoms with Gasteiger partial charge < -0.3 is 10.1 Å². The van der Waals surface area contributed by atoms with Gasteiger partial charge in [-0.25, -0.2) is 4.68 Å². The molecule has 0 saturated heterocycles. The van der Waals surface area contributed by atoms with Crippen LogP contribution in [0.2, 0.25) is 0 Å². The molecule has 0 fully saturated rings. The summed E-state index contributed by atoms with van der Waals surface area (Å²) >= 11 is 3.41. The first-order chi connectivity index (χ1) is 11.0. The fourth-order valence-corrected chi connectivity index (χ4v) is 2.45. The monoisotopic (exact) mass is 379 g/mol. The van der Waals surface area contributed by atoms with Crippen LogP contribution in [0.4, 0.5) is 0 Å². The summed E-state index contributed by atoms with van der Waals surface area (Å²) < 4.78 is 7.10. The first-order valence-electron chi connectivity index (χ1n) is 7.14. The number of nitrogens with zero attached hydrogens (tertiary/aromatic N) is 2. The maximum Gasteiger partial charge on any atom is 0.272 e. The quantitative estimate of drug-likeness (QED) is 0.834. The lowest BCUT2D eigenvalue weighted by molar-refractivity contribution is 0.0931. The summed E-state index contributed by atoms with van der Waals surface area (Å²) in [5.41, 5.74) is 0.904. The van der Waals surface area contributed by atoms with Crippen LogP contribution in [-0.2, 0) is 11.3 Å². The normalized spacial score (nSPS) is 12.0. The number of methoxy groups -OCH3 is 1. The molecule has 7 heteroatoms. The molecule has 2 rings (SSSR count). The minimum Gasteiger partial charge on any atom is -0.383 e. The zero-order valence-corrected chi connectivity index (χ0v) is 14.5. The van der Waals surface area contributed by atoms with Crippen LogP contribution < -0.4 is 10.9 Å². The molecule has 1 aromatic carbocycles. The number of carbonyl (C=O) groups excluding carboxylic acids is 1. The van der Waals surface area contributed by atoms with Crippen molar-refractivity contribution < 1.29 is 9.53 Å². The molecule has 23 heavy (non-hydrogen) atoms. The van der Waals surface area contributed by atoms with Crippen LogP contribution >= 0.6 is 15.9 Å². The molecule has 1 atom stereocenters. The Bertz CT molecular complexity index is 745. The van der Waals surface area contributed by atoms with E-state index in [1.165, 1.54) is 16.8 Å². The highest BCUT2D eigenvalue weighted by Gasteiger charge is 2.14. The van der Waals surface area contributed by atoms with Gasteiger partial charge in [-0.3, -0.25) is 9.59 Å². The van der Waals surface area contributed by atoms with Crippen LogP contribution in [-0.4, -0.2) is 29.4 Å². The Morgan fingerprint density at radius 2 is 2.17 bits per heavy atom. The average Bonchev–Trinajstić information content (AvgIpc) is 2.54. The zero-order valence-electron chi connectivity index (χ0n) is 13.0. The third-order valence-electron chi connectivity index (χ3n) is 3.30. The molecule has 0 spiro atoms. The number of aromatic nitrogens is 2. The lowest BCUT2D eigenvalue weighted by Gasteiger charge is -2.14. The molecule has 0 aliphatic carbocycles. The first-order valence-corrected chi connectivity index (χ1v) is 7.94. The second-order valence-corrected chi connectivity index (χ2v) is 5.94. The number of benzene rings is 1. The molecule has 0 aliphatic heterocycles. The molecule has 6 nitrogen and oxygen atoms in total. The van der Waals surface area contributed by atoms with Gasteiger partial charge in [0, 0.05) is 17.6 Å². The van der Waals surface area contributed by atoms with E-state index in [2.05, 4.69) is 26.3 Å².